The Morgan fingerprint density at radius 2 is 1.90 bits per heavy atom. The van der Waals surface area contributed by atoms with Crippen LogP contribution in [0.5, 0.6) is 5.75 Å². The molecule has 0 fully saturated rings. The average Bonchev–Trinajstić information content (AvgIpc) is 2.42. The van der Waals surface area contributed by atoms with E-state index in [2.05, 4.69) is 45.3 Å². The van der Waals surface area contributed by atoms with Crippen molar-refractivity contribution in [3.63, 3.8) is 0 Å². The molecule has 0 bridgehead atoms. The molecule has 3 N–H and O–H groups in total. The van der Waals surface area contributed by atoms with E-state index in [1.54, 1.807) is 7.11 Å². The van der Waals surface area contributed by atoms with Crippen molar-refractivity contribution in [2.24, 2.45) is 11.8 Å². The van der Waals surface area contributed by atoms with Gasteiger partial charge in [0.25, 0.3) is 0 Å². The molecule has 2 unspecified atom stereocenters. The SMILES string of the molecule is CCOC(C(C)C)C(NN)c1ccc(C)c(C)c1OC. The number of ether oxygens (including phenoxy) is 2. The standard InChI is InChI=1S/C16H28N2O2/c1-7-20-15(10(2)3)14(18-17)13-9-8-11(4)12(5)16(13)19-6/h8-10,14-15,18H,7,17H2,1-6H3. The van der Waals surface area contributed by atoms with E-state index in [0.717, 1.165) is 16.9 Å². The summed E-state index contributed by atoms with van der Waals surface area (Å²) in [6, 6.07) is 4.07. The summed E-state index contributed by atoms with van der Waals surface area (Å²) in [4.78, 5) is 0. The minimum Gasteiger partial charge on any atom is -0.496 e. The summed E-state index contributed by atoms with van der Waals surface area (Å²) in [5, 5.41) is 0. The zero-order chi connectivity index (χ0) is 15.3. The number of nitrogens with one attached hydrogen (secondary N) is 1. The number of nitrogens with two attached hydrogens (primary N) is 1. The molecule has 114 valence electrons. The van der Waals surface area contributed by atoms with Crippen LogP contribution in [-0.2, 0) is 4.74 Å². The lowest BCUT2D eigenvalue weighted by atomic mass is 9.91. The van der Waals surface area contributed by atoms with Crippen molar-refractivity contribution in [3.8, 4) is 5.75 Å². The lowest BCUT2D eigenvalue weighted by molar-refractivity contribution is 0.00224. The van der Waals surface area contributed by atoms with Crippen LogP contribution >= 0.6 is 0 Å². The Morgan fingerprint density at radius 1 is 1.25 bits per heavy atom. The molecule has 1 aromatic rings. The third-order valence-corrected chi connectivity index (χ3v) is 3.77. The molecule has 4 nitrogen and oxygen atoms in total. The highest BCUT2D eigenvalue weighted by atomic mass is 16.5. The molecule has 0 saturated carbocycles. The second-order valence-electron chi connectivity index (χ2n) is 5.44. The van der Waals surface area contributed by atoms with Gasteiger partial charge in [-0.05, 0) is 37.8 Å². The lowest BCUT2D eigenvalue weighted by Gasteiger charge is -2.31. The monoisotopic (exact) mass is 280 g/mol. The number of rotatable bonds is 7. The first-order valence-electron chi connectivity index (χ1n) is 7.19. The van der Waals surface area contributed by atoms with Crippen LogP contribution in [0.4, 0.5) is 0 Å². The van der Waals surface area contributed by atoms with Crippen molar-refractivity contribution in [1.82, 2.24) is 5.43 Å². The van der Waals surface area contributed by atoms with E-state index in [4.69, 9.17) is 15.3 Å². The van der Waals surface area contributed by atoms with Crippen molar-refractivity contribution in [2.75, 3.05) is 13.7 Å². The van der Waals surface area contributed by atoms with Gasteiger partial charge < -0.3 is 9.47 Å². The first kappa shape index (κ1) is 17.0. The van der Waals surface area contributed by atoms with Crippen molar-refractivity contribution in [3.05, 3.63) is 28.8 Å². The van der Waals surface area contributed by atoms with Crippen LogP contribution in [0.15, 0.2) is 12.1 Å². The molecule has 0 spiro atoms. The minimum atomic E-state index is -0.0933. The summed E-state index contributed by atoms with van der Waals surface area (Å²) in [5.41, 5.74) is 6.30. The highest BCUT2D eigenvalue weighted by Gasteiger charge is 2.28. The first-order chi connectivity index (χ1) is 9.47. The zero-order valence-electron chi connectivity index (χ0n) is 13.5. The Balaban J connectivity index is 3.27. The molecule has 4 heteroatoms. The molecule has 0 heterocycles. The van der Waals surface area contributed by atoms with Crippen molar-refractivity contribution >= 4 is 0 Å². The van der Waals surface area contributed by atoms with Crippen molar-refractivity contribution in [2.45, 2.75) is 46.8 Å². The van der Waals surface area contributed by atoms with Crippen molar-refractivity contribution < 1.29 is 9.47 Å². The van der Waals surface area contributed by atoms with Gasteiger partial charge in [-0.25, -0.2) is 0 Å². The third-order valence-electron chi connectivity index (χ3n) is 3.77. The lowest BCUT2D eigenvalue weighted by Crippen LogP contribution is -2.41. The summed E-state index contributed by atoms with van der Waals surface area (Å²) in [7, 11) is 1.70. The molecule has 1 aromatic carbocycles. The molecule has 0 radical (unpaired) electrons. The Morgan fingerprint density at radius 3 is 2.35 bits per heavy atom. The van der Waals surface area contributed by atoms with Crippen LogP contribution in [0.25, 0.3) is 0 Å². The van der Waals surface area contributed by atoms with Gasteiger partial charge in [0.15, 0.2) is 0 Å². The Bertz CT molecular complexity index is 433. The van der Waals surface area contributed by atoms with E-state index in [-0.39, 0.29) is 12.1 Å². The maximum Gasteiger partial charge on any atom is 0.126 e. The molecule has 20 heavy (non-hydrogen) atoms. The van der Waals surface area contributed by atoms with Gasteiger partial charge in [0.1, 0.15) is 5.75 Å². The Kier molecular flexibility index (Phi) is 6.46. The number of hydrogen-bond acceptors (Lipinski definition) is 4. The van der Waals surface area contributed by atoms with E-state index in [1.807, 2.05) is 6.92 Å². The average molecular weight is 280 g/mol. The Labute approximate surface area is 122 Å². The van der Waals surface area contributed by atoms with E-state index < -0.39 is 0 Å². The van der Waals surface area contributed by atoms with Gasteiger partial charge in [-0.15, -0.1) is 0 Å². The smallest absolute Gasteiger partial charge is 0.126 e. The Hall–Kier alpha value is -1.10. The molecule has 0 aliphatic carbocycles. The highest BCUT2D eigenvalue weighted by Crippen LogP contribution is 2.34. The molecule has 0 amide bonds. The van der Waals surface area contributed by atoms with E-state index >= 15 is 0 Å². The number of aryl methyl sites for hydroxylation is 1. The predicted molar refractivity (Wildman–Crippen MR) is 82.8 cm³/mol. The molecule has 0 saturated heterocycles. The number of benzene rings is 1. The van der Waals surface area contributed by atoms with Gasteiger partial charge in [0.2, 0.25) is 0 Å². The molecule has 1 rings (SSSR count). The minimum absolute atomic E-state index is 0.000932. The molecule has 0 aliphatic rings. The van der Waals surface area contributed by atoms with Crippen LogP contribution < -0.4 is 16.0 Å². The van der Waals surface area contributed by atoms with E-state index in [9.17, 15) is 0 Å². The van der Waals surface area contributed by atoms with E-state index in [1.165, 1.54) is 5.56 Å². The first-order valence-corrected chi connectivity index (χ1v) is 7.19. The largest absolute Gasteiger partial charge is 0.496 e. The summed E-state index contributed by atoms with van der Waals surface area (Å²) in [6.07, 6.45) is 0.000932. The molecule has 2 atom stereocenters. The number of hydrogen-bond donors (Lipinski definition) is 2. The summed E-state index contributed by atoms with van der Waals surface area (Å²) < 4.78 is 11.5. The van der Waals surface area contributed by atoms with Crippen molar-refractivity contribution in [1.29, 1.82) is 0 Å². The summed E-state index contributed by atoms with van der Waals surface area (Å²) in [5.74, 6) is 7.04. The second kappa shape index (κ2) is 7.62. The fourth-order valence-electron chi connectivity index (χ4n) is 2.55. The fourth-order valence-corrected chi connectivity index (χ4v) is 2.55. The number of methoxy groups -OCH3 is 1. The quantitative estimate of drug-likeness (QED) is 0.595. The van der Waals surface area contributed by atoms with E-state index in [0.29, 0.717) is 12.5 Å². The second-order valence-corrected chi connectivity index (χ2v) is 5.44. The number of hydrazine groups is 1. The van der Waals surface area contributed by atoms with Crippen LogP contribution in [0.3, 0.4) is 0 Å². The molecular formula is C16H28N2O2. The molecular weight excluding hydrogens is 252 g/mol. The zero-order valence-corrected chi connectivity index (χ0v) is 13.5. The van der Waals surface area contributed by atoms with Gasteiger partial charge >= 0.3 is 0 Å². The normalized spacial score (nSPS) is 14.4. The highest BCUT2D eigenvalue weighted by molar-refractivity contribution is 5.47. The topological polar surface area (TPSA) is 56.5 Å². The van der Waals surface area contributed by atoms with Gasteiger partial charge in [0, 0.05) is 12.2 Å². The van der Waals surface area contributed by atoms with Crippen LogP contribution in [0, 0.1) is 19.8 Å². The maximum absolute atomic E-state index is 5.88. The van der Waals surface area contributed by atoms with Gasteiger partial charge in [-0.2, -0.15) is 0 Å². The van der Waals surface area contributed by atoms with Gasteiger partial charge in [0.05, 0.1) is 19.3 Å². The molecule has 0 aliphatic heterocycles. The third kappa shape index (κ3) is 3.51. The molecule has 0 aromatic heterocycles. The fraction of sp³-hybridized carbons (Fsp3) is 0.625. The predicted octanol–water partition coefficient (Wildman–Crippen LogP) is 2.88. The maximum atomic E-state index is 5.88. The van der Waals surface area contributed by atoms with Gasteiger partial charge in [-0.3, -0.25) is 11.3 Å². The van der Waals surface area contributed by atoms with Crippen LogP contribution in [0.2, 0.25) is 0 Å². The van der Waals surface area contributed by atoms with Gasteiger partial charge in [-0.1, -0.05) is 26.0 Å². The van der Waals surface area contributed by atoms with Crippen LogP contribution in [-0.4, -0.2) is 19.8 Å². The summed E-state index contributed by atoms with van der Waals surface area (Å²) in [6.45, 7) is 11.1. The summed E-state index contributed by atoms with van der Waals surface area (Å²) >= 11 is 0. The van der Waals surface area contributed by atoms with Crippen LogP contribution in [0.1, 0.15) is 43.5 Å².